The predicted octanol–water partition coefficient (Wildman–Crippen LogP) is -4.94. The number of hydrogen-bond donors (Lipinski definition) is 0. The topological polar surface area (TPSA) is 307 Å². The summed E-state index contributed by atoms with van der Waals surface area (Å²) in [5, 5.41) is 0. The van der Waals surface area contributed by atoms with E-state index in [0.717, 1.165) is 0 Å². The number of rotatable bonds is 18. The number of carbonyl (C=O) groups is 18. The van der Waals surface area contributed by atoms with Crippen molar-refractivity contribution in [2.45, 2.75) is 0 Å². The normalized spacial score (nSPS) is 39.9. The molecule has 0 saturated heterocycles. The van der Waals surface area contributed by atoms with Crippen LogP contribution in [0, 0.1) is 0 Å². The SMILES string of the molecule is O=[CH][Rh]([CH]=O)([CH]=O)([CH]=O)([CH]=O)([CH]=O)([CH]=O)([CH]=O)([CH]=O)([CH]=O)([CH]=O)([CH]=O)([CH]=O)([CH]=O)([CH]=O)([CH]=O)([CH]=O)[CH]=O. The Bertz CT molecular complexity index is 1860. The number of hydrogen-bond acceptors (Lipinski definition) is 18. The van der Waals surface area contributed by atoms with Gasteiger partial charge in [-0.05, 0) is 0 Å². The molecular formula is C18H18O18Rh. The van der Waals surface area contributed by atoms with Crippen molar-refractivity contribution < 1.29 is 84.6 Å². The molecule has 0 saturated carbocycles. The van der Waals surface area contributed by atoms with Crippen LogP contribution in [-0.4, -0.2) is 87.8 Å². The van der Waals surface area contributed by atoms with Gasteiger partial charge < -0.3 is 0 Å². The molecule has 0 aliphatic carbocycles. The molecule has 207 valence electrons. The van der Waals surface area contributed by atoms with Crippen molar-refractivity contribution in [3.63, 3.8) is 0 Å². The molecule has 0 aliphatic heterocycles. The van der Waals surface area contributed by atoms with E-state index in [1.807, 2.05) is 0 Å². The summed E-state index contributed by atoms with van der Waals surface area (Å²) in [5.41, 5.74) is 0. The molecule has 0 heterocycles. The van der Waals surface area contributed by atoms with Crippen LogP contribution in [0.2, 0.25) is 0 Å². The quantitative estimate of drug-likeness (QED) is 0.102. The van der Waals surface area contributed by atoms with E-state index < -0.39 is 86.2 Å². The molecule has 0 atom stereocenters. The molecule has 0 fully saturated rings. The first kappa shape index (κ1) is 31.7. The van der Waals surface area contributed by atoms with Crippen LogP contribution in [0.15, 0.2) is 0 Å². The van der Waals surface area contributed by atoms with E-state index >= 15 is 0 Å². The summed E-state index contributed by atoms with van der Waals surface area (Å²) in [6.45, 7) is 0. The van der Waals surface area contributed by atoms with Crippen molar-refractivity contribution in [1.29, 1.82) is 0 Å². The van der Waals surface area contributed by atoms with Crippen LogP contribution < -0.4 is 0 Å². The monoisotopic (exact) mass is 625 g/mol. The van der Waals surface area contributed by atoms with E-state index in [1.54, 1.807) is 0 Å². The van der Waals surface area contributed by atoms with E-state index in [1.165, 1.54) is 0 Å². The van der Waals surface area contributed by atoms with E-state index in [9.17, 15) is 86.3 Å². The second kappa shape index (κ2) is 0.985. The Balaban J connectivity index is 18.4. The van der Waals surface area contributed by atoms with Crippen molar-refractivity contribution in [1.82, 2.24) is 0 Å². The zero-order valence-electron chi connectivity index (χ0n) is 18.1. The fourth-order valence-corrected chi connectivity index (χ4v) is 16.8. The van der Waals surface area contributed by atoms with Gasteiger partial charge in [-0.3, -0.25) is 0 Å². The Morgan fingerprint density at radius 1 is 0.162 bits per heavy atom. The molecular weight excluding hydrogens is 607 g/mol. The summed E-state index contributed by atoms with van der Waals surface area (Å²) in [7, 11) is 0. The molecule has 0 aromatic rings. The van der Waals surface area contributed by atoms with Gasteiger partial charge in [-0.2, -0.15) is 0 Å². The summed E-state index contributed by atoms with van der Waals surface area (Å²) in [6, 6.07) is 0. The fourth-order valence-electron chi connectivity index (χ4n) is 2.83. The third-order valence-electron chi connectivity index (χ3n) is 13.9. The van der Waals surface area contributed by atoms with Crippen molar-refractivity contribution in [2.24, 2.45) is 0 Å². The first-order valence-electron chi connectivity index (χ1n) is 7.71. The average molecular weight is 625 g/mol. The molecule has 18 nitrogen and oxygen atoms in total. The molecule has 0 bridgehead atoms. The van der Waals surface area contributed by atoms with Gasteiger partial charge >= 0.3 is 172 Å². The Morgan fingerprint density at radius 2 is 0.216 bits per heavy atom. The molecule has 0 rings (SSSR count). The van der Waals surface area contributed by atoms with Gasteiger partial charge in [0.2, 0.25) is 0 Å². The van der Waals surface area contributed by atoms with Gasteiger partial charge in [0.1, 0.15) is 0 Å². The maximum absolute atomic E-state index is 22.0. The van der Waals surface area contributed by atoms with E-state index in [-0.39, 0.29) is 0 Å². The molecule has 0 spiro atoms. The van der Waals surface area contributed by atoms with Gasteiger partial charge in [0.25, 0.3) is 0 Å². The van der Waals surface area contributed by atoms with Crippen LogP contribution in [-0.2, 0) is 84.6 Å². The Kier molecular flexibility index (Phi) is 0.843. The first-order valence-corrected chi connectivity index (χ1v) is 24.7. The molecule has 0 aromatic heterocycles. The summed E-state index contributed by atoms with van der Waals surface area (Å²) < 4.78 is -22.0. The van der Waals surface area contributed by atoms with Crippen LogP contribution >= 0.6 is 0 Å². The van der Waals surface area contributed by atoms with Gasteiger partial charge in [0.15, 0.2) is 0 Å². The van der Waals surface area contributed by atoms with Gasteiger partial charge in [-0.25, -0.2) is 0 Å². The van der Waals surface area contributed by atoms with Crippen molar-refractivity contribution in [2.75, 3.05) is 0 Å². The van der Waals surface area contributed by atoms with Crippen LogP contribution in [0.3, 0.4) is 0 Å². The molecule has 0 aliphatic rings. The minimum atomic E-state index is -22.0. The Morgan fingerprint density at radius 3 is 0.216 bits per heavy atom. The molecule has 37 heavy (non-hydrogen) atoms. The van der Waals surface area contributed by atoms with Crippen LogP contribution in [0.5, 0.6) is 0 Å². The second-order valence-corrected chi connectivity index (χ2v) is 109. The van der Waals surface area contributed by atoms with Crippen LogP contribution in [0.25, 0.3) is 0 Å². The molecule has 0 unspecified atom stereocenters. The molecule has 0 aromatic carbocycles. The minimum absolute atomic E-state index is 4.10. The van der Waals surface area contributed by atoms with Crippen molar-refractivity contribution >= 4 is 87.8 Å². The van der Waals surface area contributed by atoms with Gasteiger partial charge in [0.05, 0.1) is 0 Å². The van der Waals surface area contributed by atoms with Gasteiger partial charge in [0, 0.05) is 0 Å². The Hall–Kier alpha value is -5.32. The van der Waals surface area contributed by atoms with E-state index in [2.05, 4.69) is 0 Å². The Labute approximate surface area is 172 Å². The zero-order chi connectivity index (χ0) is 31.0. The van der Waals surface area contributed by atoms with E-state index in [4.69, 9.17) is 0 Å². The first-order chi connectivity index (χ1) is 15.7. The third kappa shape index (κ3) is 0.279. The summed E-state index contributed by atoms with van der Waals surface area (Å²) >= 11 is 0. The molecule has 0 amide bonds. The zero-order valence-corrected chi connectivity index (χ0v) is 19.7. The van der Waals surface area contributed by atoms with Crippen LogP contribution in [0.4, 0.5) is 0 Å². The predicted molar refractivity (Wildman–Crippen MR) is 122 cm³/mol. The average Bonchev–Trinajstić information content (AvgIpc) is 3.10. The maximum atomic E-state index is 14.3. The van der Waals surface area contributed by atoms with Crippen LogP contribution in [0.1, 0.15) is 0 Å². The third-order valence-corrected chi connectivity index (χ3v) is 82.1. The van der Waals surface area contributed by atoms with Crippen molar-refractivity contribution in [3.8, 4) is 0 Å². The van der Waals surface area contributed by atoms with E-state index in [0.29, 0.717) is 0 Å². The molecule has 0 radical (unpaired) electrons. The van der Waals surface area contributed by atoms with Crippen molar-refractivity contribution in [3.05, 3.63) is 0 Å². The summed E-state index contributed by atoms with van der Waals surface area (Å²) in [6.07, 6.45) is 0. The second-order valence-electron chi connectivity index (χ2n) is 18.4. The number of carbonyl (C=O) groups excluding carboxylic acids is 18. The summed E-state index contributed by atoms with van der Waals surface area (Å²) in [4.78, 5) is 184. The van der Waals surface area contributed by atoms with Gasteiger partial charge in [-0.15, -0.1) is 0 Å². The summed E-state index contributed by atoms with van der Waals surface area (Å²) in [5.74, 6) is 0. The molecule has 19 heteroatoms. The fraction of sp³-hybridized carbons (Fsp3) is 0. The standard InChI is InChI=1S/18CHO.Rh/c18*1-2;/h18*1H;. The molecule has 0 N–H and O–H groups in total. The van der Waals surface area contributed by atoms with Gasteiger partial charge in [-0.1, -0.05) is 0 Å².